The van der Waals surface area contributed by atoms with E-state index in [1.54, 1.807) is 0 Å². The number of hydrogen-bond acceptors (Lipinski definition) is 5. The molecule has 0 aliphatic carbocycles. The highest BCUT2D eigenvalue weighted by Crippen LogP contribution is 2.28. The molecule has 29 heavy (non-hydrogen) atoms. The lowest BCUT2D eigenvalue weighted by Gasteiger charge is -2.26. The highest BCUT2D eigenvalue weighted by Gasteiger charge is 2.15. The molecule has 0 amide bonds. The second kappa shape index (κ2) is 8.98. The molecule has 1 aromatic carbocycles. The Morgan fingerprint density at radius 1 is 1.14 bits per heavy atom. The smallest absolute Gasteiger partial charge is 0.0948 e. The summed E-state index contributed by atoms with van der Waals surface area (Å²) in [5.74, 6) is 2.46. The maximum Gasteiger partial charge on any atom is 0.0948 e. The SMILES string of the molecule is Cc1cc2nc(-c3cncn3C)cc(CCN3CCSCC3)c2cc1CCC#N. The quantitative estimate of drug-likeness (QED) is 0.621. The van der Waals surface area contributed by atoms with Gasteiger partial charge in [-0.1, -0.05) is 0 Å². The topological polar surface area (TPSA) is 57.7 Å². The van der Waals surface area contributed by atoms with Crippen molar-refractivity contribution in [1.29, 1.82) is 5.26 Å². The van der Waals surface area contributed by atoms with Crippen molar-refractivity contribution in [1.82, 2.24) is 19.4 Å². The van der Waals surface area contributed by atoms with E-state index in [1.807, 2.05) is 35.9 Å². The molecule has 1 saturated heterocycles. The summed E-state index contributed by atoms with van der Waals surface area (Å²) in [6.45, 7) is 5.55. The van der Waals surface area contributed by atoms with Gasteiger partial charge in [-0.15, -0.1) is 0 Å². The van der Waals surface area contributed by atoms with Crippen LogP contribution in [0.2, 0.25) is 0 Å². The minimum absolute atomic E-state index is 0.549. The number of aromatic nitrogens is 3. The lowest BCUT2D eigenvalue weighted by Crippen LogP contribution is -2.34. The number of imidazole rings is 1. The molecule has 0 bridgehead atoms. The average molecular weight is 406 g/mol. The third-order valence-electron chi connectivity index (χ3n) is 5.74. The number of rotatable bonds is 6. The number of thioether (sulfide) groups is 1. The fraction of sp³-hybridized carbons (Fsp3) is 0.435. The molecule has 3 aromatic rings. The molecule has 0 unspecified atom stereocenters. The van der Waals surface area contributed by atoms with Crippen molar-refractivity contribution in [2.45, 2.75) is 26.2 Å². The monoisotopic (exact) mass is 405 g/mol. The molecule has 0 atom stereocenters. The van der Waals surface area contributed by atoms with Crippen LogP contribution >= 0.6 is 11.8 Å². The average Bonchev–Trinajstić information content (AvgIpc) is 3.17. The predicted octanol–water partition coefficient (Wildman–Crippen LogP) is 3.99. The van der Waals surface area contributed by atoms with Crippen molar-refractivity contribution in [2.75, 3.05) is 31.1 Å². The maximum atomic E-state index is 9.01. The molecular formula is C23H27N5S. The van der Waals surface area contributed by atoms with Gasteiger partial charge in [-0.05, 0) is 54.7 Å². The lowest BCUT2D eigenvalue weighted by atomic mass is 9.96. The van der Waals surface area contributed by atoms with E-state index in [9.17, 15) is 0 Å². The van der Waals surface area contributed by atoms with Gasteiger partial charge in [0.15, 0.2) is 0 Å². The molecule has 2 aromatic heterocycles. The minimum Gasteiger partial charge on any atom is -0.332 e. The van der Waals surface area contributed by atoms with Gasteiger partial charge in [-0.2, -0.15) is 17.0 Å². The third kappa shape index (κ3) is 4.47. The number of fused-ring (bicyclic) bond motifs is 1. The highest BCUT2D eigenvalue weighted by atomic mass is 32.2. The van der Waals surface area contributed by atoms with E-state index in [0.29, 0.717) is 6.42 Å². The summed E-state index contributed by atoms with van der Waals surface area (Å²) in [5, 5.41) is 10.2. The molecule has 4 rings (SSSR count). The second-order valence-electron chi connectivity index (χ2n) is 7.71. The molecule has 6 heteroatoms. The number of pyridine rings is 1. The summed E-state index contributed by atoms with van der Waals surface area (Å²) in [6.07, 6.45) is 6.06. The molecule has 1 fully saturated rings. The van der Waals surface area contributed by atoms with E-state index in [2.05, 4.69) is 41.1 Å². The van der Waals surface area contributed by atoms with Crippen molar-refractivity contribution in [3.05, 3.63) is 47.4 Å². The molecule has 0 N–H and O–H groups in total. The predicted molar refractivity (Wildman–Crippen MR) is 120 cm³/mol. The molecular weight excluding hydrogens is 378 g/mol. The Hall–Kier alpha value is -2.36. The van der Waals surface area contributed by atoms with E-state index in [0.717, 1.165) is 36.3 Å². The van der Waals surface area contributed by atoms with E-state index in [-0.39, 0.29) is 0 Å². The molecule has 150 valence electrons. The first-order valence-electron chi connectivity index (χ1n) is 10.2. The minimum atomic E-state index is 0.549. The molecule has 1 aliphatic rings. The summed E-state index contributed by atoms with van der Waals surface area (Å²) in [6, 6.07) is 8.96. The zero-order valence-corrected chi connectivity index (χ0v) is 18.0. The van der Waals surface area contributed by atoms with Gasteiger partial charge in [0.25, 0.3) is 0 Å². The Labute approximate surface area is 176 Å². The van der Waals surface area contributed by atoms with Crippen LogP contribution in [0.4, 0.5) is 0 Å². The van der Waals surface area contributed by atoms with Crippen LogP contribution in [-0.2, 0) is 19.9 Å². The van der Waals surface area contributed by atoms with Crippen molar-refractivity contribution < 1.29 is 0 Å². The van der Waals surface area contributed by atoms with Crippen LogP contribution in [0.1, 0.15) is 23.1 Å². The van der Waals surface area contributed by atoms with Gasteiger partial charge in [0.2, 0.25) is 0 Å². The summed E-state index contributed by atoms with van der Waals surface area (Å²) in [4.78, 5) is 11.8. The largest absolute Gasteiger partial charge is 0.332 e. The molecule has 0 spiro atoms. The fourth-order valence-corrected chi connectivity index (χ4v) is 4.98. The number of nitrogens with zero attached hydrogens (tertiary/aromatic N) is 5. The number of benzene rings is 1. The zero-order valence-electron chi connectivity index (χ0n) is 17.2. The molecule has 0 radical (unpaired) electrons. The first kappa shape index (κ1) is 19.9. The van der Waals surface area contributed by atoms with Crippen molar-refractivity contribution >= 4 is 22.7 Å². The van der Waals surface area contributed by atoms with Crippen molar-refractivity contribution in [2.24, 2.45) is 7.05 Å². The normalized spacial score (nSPS) is 14.9. The standard InChI is InChI=1S/C23H27N5S/c1-17-12-21-20(13-18(17)4-3-6-24)19(5-7-28-8-10-29-11-9-28)14-22(26-21)23-15-25-16-27(23)2/h12-16H,3-5,7-11H2,1-2H3. The third-order valence-corrected chi connectivity index (χ3v) is 6.68. The summed E-state index contributed by atoms with van der Waals surface area (Å²) in [7, 11) is 2.01. The Bertz CT molecular complexity index is 1040. The van der Waals surface area contributed by atoms with Crippen LogP contribution in [0.25, 0.3) is 22.3 Å². The van der Waals surface area contributed by atoms with Crippen LogP contribution in [-0.4, -0.2) is 50.6 Å². The van der Waals surface area contributed by atoms with Gasteiger partial charge < -0.3 is 9.47 Å². The van der Waals surface area contributed by atoms with Crippen LogP contribution in [0, 0.1) is 18.3 Å². The van der Waals surface area contributed by atoms with Gasteiger partial charge in [0.05, 0.1) is 35.5 Å². The molecule has 1 aliphatic heterocycles. The van der Waals surface area contributed by atoms with Crippen LogP contribution in [0.15, 0.2) is 30.7 Å². The van der Waals surface area contributed by atoms with Crippen LogP contribution in [0.3, 0.4) is 0 Å². The van der Waals surface area contributed by atoms with Gasteiger partial charge in [-0.25, -0.2) is 9.97 Å². The van der Waals surface area contributed by atoms with E-state index >= 15 is 0 Å². The van der Waals surface area contributed by atoms with Crippen LogP contribution in [0.5, 0.6) is 0 Å². The van der Waals surface area contributed by atoms with Crippen LogP contribution < -0.4 is 0 Å². The summed E-state index contributed by atoms with van der Waals surface area (Å²) >= 11 is 2.05. The Morgan fingerprint density at radius 3 is 2.69 bits per heavy atom. The van der Waals surface area contributed by atoms with Gasteiger partial charge in [0, 0.05) is 50.0 Å². The summed E-state index contributed by atoms with van der Waals surface area (Å²) < 4.78 is 2.02. The Balaban J connectivity index is 1.75. The van der Waals surface area contributed by atoms with Gasteiger partial charge in [-0.3, -0.25) is 0 Å². The first-order valence-corrected chi connectivity index (χ1v) is 11.4. The van der Waals surface area contributed by atoms with E-state index < -0.39 is 0 Å². The first-order chi connectivity index (χ1) is 14.2. The second-order valence-corrected chi connectivity index (χ2v) is 8.94. The number of hydrogen-bond donors (Lipinski definition) is 0. The zero-order chi connectivity index (χ0) is 20.2. The highest BCUT2D eigenvalue weighted by molar-refractivity contribution is 7.99. The lowest BCUT2D eigenvalue weighted by molar-refractivity contribution is 0.307. The molecule has 3 heterocycles. The molecule has 5 nitrogen and oxygen atoms in total. The maximum absolute atomic E-state index is 9.01. The Kier molecular flexibility index (Phi) is 6.17. The van der Waals surface area contributed by atoms with E-state index in [4.69, 9.17) is 10.2 Å². The fourth-order valence-electron chi connectivity index (χ4n) is 4.00. The molecule has 0 saturated carbocycles. The van der Waals surface area contributed by atoms with Gasteiger partial charge in [0.1, 0.15) is 0 Å². The van der Waals surface area contributed by atoms with Crippen molar-refractivity contribution in [3.63, 3.8) is 0 Å². The number of aryl methyl sites for hydroxylation is 3. The van der Waals surface area contributed by atoms with Gasteiger partial charge >= 0.3 is 0 Å². The van der Waals surface area contributed by atoms with E-state index in [1.165, 1.54) is 46.7 Å². The Morgan fingerprint density at radius 2 is 1.97 bits per heavy atom. The summed E-state index contributed by atoms with van der Waals surface area (Å²) in [5.41, 5.74) is 6.85. The number of nitriles is 1. The van der Waals surface area contributed by atoms with Crippen molar-refractivity contribution in [3.8, 4) is 17.5 Å².